The third-order valence-corrected chi connectivity index (χ3v) is 2.71. The molecule has 0 bridgehead atoms. The Kier molecular flexibility index (Phi) is 8.69. The van der Waals surface area contributed by atoms with Crippen molar-refractivity contribution in [3.05, 3.63) is 37.1 Å². The molecule has 0 aliphatic carbocycles. The van der Waals surface area contributed by atoms with Crippen LogP contribution in [0.25, 0.3) is 0 Å². The number of rotatable bonds is 9. The quantitative estimate of drug-likeness (QED) is 0.573. The Bertz CT molecular complexity index is 226. The molecule has 0 unspecified atom stereocenters. The molecule has 0 saturated carbocycles. The standard InChI is InChI=1S/C15H27N/c1-6-7-8-9-10-14(4)15(5)16-12-11-13(2)3/h6-8,13-14,16H,1,5,9-12H2,2-4H3/b8-7-/t14-/m1/s1. The van der Waals surface area contributed by atoms with Crippen LogP contribution in [0.5, 0.6) is 0 Å². The summed E-state index contributed by atoms with van der Waals surface area (Å²) in [5.74, 6) is 1.30. The third-order valence-electron chi connectivity index (χ3n) is 2.71. The van der Waals surface area contributed by atoms with E-state index in [1.54, 1.807) is 0 Å². The number of hydrogen-bond donors (Lipinski definition) is 1. The maximum atomic E-state index is 4.09. The van der Waals surface area contributed by atoms with E-state index in [-0.39, 0.29) is 0 Å². The maximum absolute atomic E-state index is 4.09. The van der Waals surface area contributed by atoms with Crippen molar-refractivity contribution in [2.45, 2.75) is 40.0 Å². The summed E-state index contributed by atoms with van der Waals surface area (Å²) in [6.07, 6.45) is 9.44. The summed E-state index contributed by atoms with van der Waals surface area (Å²) in [7, 11) is 0. The number of allylic oxidation sites excluding steroid dienone is 4. The molecule has 1 nitrogen and oxygen atoms in total. The first kappa shape index (κ1) is 15.0. The highest BCUT2D eigenvalue weighted by Gasteiger charge is 2.05. The molecule has 92 valence electrons. The molecule has 0 amide bonds. The van der Waals surface area contributed by atoms with Crippen LogP contribution in [-0.4, -0.2) is 6.54 Å². The molecule has 0 aromatic rings. The molecule has 0 aliphatic rings. The first-order valence-corrected chi connectivity index (χ1v) is 6.28. The van der Waals surface area contributed by atoms with Gasteiger partial charge < -0.3 is 5.32 Å². The zero-order chi connectivity index (χ0) is 12.4. The van der Waals surface area contributed by atoms with Crippen molar-refractivity contribution in [3.63, 3.8) is 0 Å². The average molecular weight is 221 g/mol. The lowest BCUT2D eigenvalue weighted by atomic mass is 10.0. The molecule has 1 atom stereocenters. The van der Waals surface area contributed by atoms with Crippen LogP contribution in [0.2, 0.25) is 0 Å². The molecule has 1 heteroatoms. The summed E-state index contributed by atoms with van der Waals surface area (Å²) in [4.78, 5) is 0. The van der Waals surface area contributed by atoms with Crippen LogP contribution < -0.4 is 5.32 Å². The molecule has 0 fully saturated rings. The topological polar surface area (TPSA) is 12.0 Å². The average Bonchev–Trinajstić information content (AvgIpc) is 2.23. The normalized spacial score (nSPS) is 13.0. The summed E-state index contributed by atoms with van der Waals surface area (Å²) in [6.45, 7) is 15.5. The highest BCUT2D eigenvalue weighted by atomic mass is 14.9. The van der Waals surface area contributed by atoms with Gasteiger partial charge in [0, 0.05) is 12.2 Å². The lowest BCUT2D eigenvalue weighted by molar-refractivity contribution is 0.521. The Labute approximate surface area is 101 Å². The van der Waals surface area contributed by atoms with Crippen molar-refractivity contribution in [1.29, 1.82) is 0 Å². The van der Waals surface area contributed by atoms with Crippen LogP contribution in [0, 0.1) is 11.8 Å². The summed E-state index contributed by atoms with van der Waals surface area (Å²) < 4.78 is 0. The van der Waals surface area contributed by atoms with E-state index in [9.17, 15) is 0 Å². The van der Waals surface area contributed by atoms with Crippen LogP contribution in [0.4, 0.5) is 0 Å². The van der Waals surface area contributed by atoms with E-state index in [0.717, 1.165) is 25.3 Å². The summed E-state index contributed by atoms with van der Waals surface area (Å²) in [5, 5.41) is 3.42. The number of nitrogens with one attached hydrogen (secondary N) is 1. The van der Waals surface area contributed by atoms with E-state index in [1.165, 1.54) is 12.1 Å². The Morgan fingerprint density at radius 2 is 1.94 bits per heavy atom. The van der Waals surface area contributed by atoms with Gasteiger partial charge in [0.2, 0.25) is 0 Å². The molecule has 0 saturated heterocycles. The Hall–Kier alpha value is -0.980. The van der Waals surface area contributed by atoms with Crippen LogP contribution in [-0.2, 0) is 0 Å². The molecule has 0 radical (unpaired) electrons. The highest BCUT2D eigenvalue weighted by Crippen LogP contribution is 2.13. The van der Waals surface area contributed by atoms with Gasteiger partial charge in [0.05, 0.1) is 0 Å². The van der Waals surface area contributed by atoms with E-state index < -0.39 is 0 Å². The fourth-order valence-electron chi connectivity index (χ4n) is 1.41. The molecule has 0 aromatic heterocycles. The van der Waals surface area contributed by atoms with Crippen molar-refractivity contribution >= 4 is 0 Å². The second kappa shape index (κ2) is 9.26. The molecule has 0 aromatic carbocycles. The van der Waals surface area contributed by atoms with Crippen molar-refractivity contribution in [2.24, 2.45) is 11.8 Å². The second-order valence-corrected chi connectivity index (χ2v) is 4.78. The van der Waals surface area contributed by atoms with E-state index in [1.807, 2.05) is 12.2 Å². The molecular weight excluding hydrogens is 194 g/mol. The number of hydrogen-bond acceptors (Lipinski definition) is 1. The van der Waals surface area contributed by atoms with Gasteiger partial charge >= 0.3 is 0 Å². The minimum Gasteiger partial charge on any atom is -0.389 e. The first-order valence-electron chi connectivity index (χ1n) is 6.28. The van der Waals surface area contributed by atoms with Crippen LogP contribution >= 0.6 is 0 Å². The Balaban J connectivity index is 3.64. The van der Waals surface area contributed by atoms with E-state index >= 15 is 0 Å². The van der Waals surface area contributed by atoms with Crippen molar-refractivity contribution in [2.75, 3.05) is 6.54 Å². The van der Waals surface area contributed by atoms with Crippen molar-refractivity contribution in [1.82, 2.24) is 5.32 Å². The predicted molar refractivity (Wildman–Crippen MR) is 74.3 cm³/mol. The van der Waals surface area contributed by atoms with Gasteiger partial charge in [-0.05, 0) is 31.1 Å². The Morgan fingerprint density at radius 3 is 2.50 bits per heavy atom. The van der Waals surface area contributed by atoms with Crippen LogP contribution in [0.15, 0.2) is 37.1 Å². The maximum Gasteiger partial charge on any atom is 0.0146 e. The molecule has 0 aliphatic heterocycles. The summed E-state index contributed by atoms with van der Waals surface area (Å²) >= 11 is 0. The van der Waals surface area contributed by atoms with Crippen molar-refractivity contribution < 1.29 is 0 Å². The van der Waals surface area contributed by atoms with E-state index in [0.29, 0.717) is 5.92 Å². The van der Waals surface area contributed by atoms with E-state index in [2.05, 4.69) is 45.3 Å². The smallest absolute Gasteiger partial charge is 0.0146 e. The molecule has 0 spiro atoms. The molecule has 1 N–H and O–H groups in total. The fourth-order valence-corrected chi connectivity index (χ4v) is 1.41. The predicted octanol–water partition coefficient (Wildman–Crippen LogP) is 4.29. The van der Waals surface area contributed by atoms with Gasteiger partial charge in [-0.25, -0.2) is 0 Å². The van der Waals surface area contributed by atoms with Crippen LogP contribution in [0.3, 0.4) is 0 Å². The zero-order valence-corrected chi connectivity index (χ0v) is 11.1. The monoisotopic (exact) mass is 221 g/mol. The molecule has 0 heterocycles. The SMILES string of the molecule is C=C/C=C\CC[C@@H](C)C(=C)NCCC(C)C. The largest absolute Gasteiger partial charge is 0.389 e. The van der Waals surface area contributed by atoms with Gasteiger partial charge in [0.25, 0.3) is 0 Å². The van der Waals surface area contributed by atoms with Gasteiger partial charge in [-0.15, -0.1) is 0 Å². The summed E-state index contributed by atoms with van der Waals surface area (Å²) in [5.41, 5.74) is 1.17. The van der Waals surface area contributed by atoms with Gasteiger partial charge in [-0.2, -0.15) is 0 Å². The van der Waals surface area contributed by atoms with Gasteiger partial charge in [0.1, 0.15) is 0 Å². The lowest BCUT2D eigenvalue weighted by Crippen LogP contribution is -2.20. The Morgan fingerprint density at radius 1 is 1.25 bits per heavy atom. The minimum atomic E-state index is 0.543. The van der Waals surface area contributed by atoms with Crippen molar-refractivity contribution in [3.8, 4) is 0 Å². The second-order valence-electron chi connectivity index (χ2n) is 4.78. The molecular formula is C15H27N. The van der Waals surface area contributed by atoms with Gasteiger partial charge in [-0.3, -0.25) is 0 Å². The van der Waals surface area contributed by atoms with Gasteiger partial charge in [0.15, 0.2) is 0 Å². The van der Waals surface area contributed by atoms with E-state index in [4.69, 9.17) is 0 Å². The fraction of sp³-hybridized carbons (Fsp3) is 0.600. The lowest BCUT2D eigenvalue weighted by Gasteiger charge is -2.16. The molecule has 0 rings (SSSR count). The summed E-state index contributed by atoms with van der Waals surface area (Å²) in [6, 6.07) is 0. The third kappa shape index (κ3) is 8.34. The molecule has 16 heavy (non-hydrogen) atoms. The highest BCUT2D eigenvalue weighted by molar-refractivity contribution is 5.00. The zero-order valence-electron chi connectivity index (χ0n) is 11.1. The van der Waals surface area contributed by atoms with Gasteiger partial charge in [-0.1, -0.05) is 52.2 Å². The van der Waals surface area contributed by atoms with Crippen LogP contribution in [0.1, 0.15) is 40.0 Å². The first-order chi connectivity index (χ1) is 7.57. The minimum absolute atomic E-state index is 0.543.